The van der Waals surface area contributed by atoms with Gasteiger partial charge in [0.05, 0.1) is 5.69 Å². The van der Waals surface area contributed by atoms with Crippen LogP contribution in [0.1, 0.15) is 30.1 Å². The Morgan fingerprint density at radius 3 is 2.54 bits per heavy atom. The van der Waals surface area contributed by atoms with Crippen molar-refractivity contribution >= 4 is 23.2 Å². The second-order valence-corrected chi connectivity index (χ2v) is 6.51. The molecule has 5 nitrogen and oxygen atoms in total. The zero-order valence-electron chi connectivity index (χ0n) is 14.6. The molecule has 1 aliphatic carbocycles. The van der Waals surface area contributed by atoms with Crippen LogP contribution in [0.2, 0.25) is 0 Å². The standard InChI is InChI=1S/C21H20N4O/c1-14(26)16-8-5-9-18(12-16)22-20-13-19(15-6-3-2-4-7-15)24-21(25-20)23-17-10-11-17/h2-9,12-13,17H,10-11H2,1H3,(H2,22,23,24,25). The van der Waals surface area contributed by atoms with Gasteiger partial charge in [0.2, 0.25) is 5.95 Å². The lowest BCUT2D eigenvalue weighted by molar-refractivity contribution is 0.101. The van der Waals surface area contributed by atoms with E-state index < -0.39 is 0 Å². The van der Waals surface area contributed by atoms with Gasteiger partial charge in [0.15, 0.2) is 5.78 Å². The zero-order valence-corrected chi connectivity index (χ0v) is 14.6. The van der Waals surface area contributed by atoms with E-state index in [2.05, 4.69) is 20.6 Å². The summed E-state index contributed by atoms with van der Waals surface area (Å²) in [6.07, 6.45) is 2.31. The first-order valence-electron chi connectivity index (χ1n) is 8.76. The maximum absolute atomic E-state index is 11.6. The highest BCUT2D eigenvalue weighted by Gasteiger charge is 2.22. The van der Waals surface area contributed by atoms with E-state index >= 15 is 0 Å². The number of nitrogens with zero attached hydrogens (tertiary/aromatic N) is 2. The third-order valence-electron chi connectivity index (χ3n) is 4.25. The smallest absolute Gasteiger partial charge is 0.225 e. The minimum absolute atomic E-state index is 0.0393. The molecule has 0 unspecified atom stereocenters. The third kappa shape index (κ3) is 3.88. The summed E-state index contributed by atoms with van der Waals surface area (Å²) in [7, 11) is 0. The van der Waals surface area contributed by atoms with Crippen molar-refractivity contribution in [3.63, 3.8) is 0 Å². The van der Waals surface area contributed by atoms with E-state index in [1.54, 1.807) is 6.92 Å². The molecule has 26 heavy (non-hydrogen) atoms. The second kappa shape index (κ2) is 6.96. The molecule has 0 atom stereocenters. The van der Waals surface area contributed by atoms with Crippen LogP contribution in [-0.2, 0) is 0 Å². The lowest BCUT2D eigenvalue weighted by Crippen LogP contribution is -2.08. The van der Waals surface area contributed by atoms with Crippen LogP contribution in [-0.4, -0.2) is 21.8 Å². The maximum Gasteiger partial charge on any atom is 0.225 e. The fourth-order valence-corrected chi connectivity index (χ4v) is 2.71. The number of rotatable bonds is 6. The topological polar surface area (TPSA) is 66.9 Å². The highest BCUT2D eigenvalue weighted by Crippen LogP contribution is 2.27. The fourth-order valence-electron chi connectivity index (χ4n) is 2.71. The Balaban J connectivity index is 1.68. The van der Waals surface area contributed by atoms with Crippen LogP contribution in [0.25, 0.3) is 11.3 Å². The van der Waals surface area contributed by atoms with E-state index in [0.717, 1.165) is 29.8 Å². The summed E-state index contributed by atoms with van der Waals surface area (Å²) in [5, 5.41) is 6.67. The highest BCUT2D eigenvalue weighted by molar-refractivity contribution is 5.95. The van der Waals surface area contributed by atoms with Crippen LogP contribution < -0.4 is 10.6 Å². The van der Waals surface area contributed by atoms with E-state index in [9.17, 15) is 4.79 Å². The number of nitrogens with one attached hydrogen (secondary N) is 2. The van der Waals surface area contributed by atoms with Gasteiger partial charge in [0, 0.05) is 28.9 Å². The summed E-state index contributed by atoms with van der Waals surface area (Å²) in [4.78, 5) is 20.9. The Morgan fingerprint density at radius 2 is 1.81 bits per heavy atom. The zero-order chi connectivity index (χ0) is 17.9. The van der Waals surface area contributed by atoms with Crippen LogP contribution in [0.5, 0.6) is 0 Å². The van der Waals surface area contributed by atoms with Crippen molar-refractivity contribution in [3.8, 4) is 11.3 Å². The lowest BCUT2D eigenvalue weighted by atomic mass is 10.1. The van der Waals surface area contributed by atoms with E-state index in [0.29, 0.717) is 23.4 Å². The summed E-state index contributed by atoms with van der Waals surface area (Å²) in [5.41, 5.74) is 3.39. The van der Waals surface area contributed by atoms with Gasteiger partial charge < -0.3 is 10.6 Å². The quantitative estimate of drug-likeness (QED) is 0.636. The van der Waals surface area contributed by atoms with Crippen molar-refractivity contribution in [1.29, 1.82) is 0 Å². The van der Waals surface area contributed by atoms with E-state index in [1.807, 2.05) is 60.7 Å². The van der Waals surface area contributed by atoms with Gasteiger partial charge in [-0.1, -0.05) is 42.5 Å². The molecule has 0 aliphatic heterocycles. The number of ketones is 1. The first-order valence-corrected chi connectivity index (χ1v) is 8.76. The predicted octanol–water partition coefficient (Wildman–Crippen LogP) is 4.66. The van der Waals surface area contributed by atoms with Gasteiger partial charge in [-0.2, -0.15) is 4.98 Å². The Hall–Kier alpha value is -3.21. The molecule has 1 fully saturated rings. The van der Waals surface area contributed by atoms with Crippen LogP contribution >= 0.6 is 0 Å². The monoisotopic (exact) mass is 344 g/mol. The molecule has 2 N–H and O–H groups in total. The van der Waals surface area contributed by atoms with Gasteiger partial charge in [-0.05, 0) is 31.9 Å². The van der Waals surface area contributed by atoms with E-state index in [-0.39, 0.29) is 5.78 Å². The Bertz CT molecular complexity index is 936. The number of benzene rings is 2. The van der Waals surface area contributed by atoms with Crippen molar-refractivity contribution in [3.05, 3.63) is 66.2 Å². The van der Waals surface area contributed by atoms with Crippen molar-refractivity contribution in [2.75, 3.05) is 10.6 Å². The normalized spacial score (nSPS) is 13.3. The second-order valence-electron chi connectivity index (χ2n) is 6.51. The number of hydrogen-bond donors (Lipinski definition) is 2. The predicted molar refractivity (Wildman–Crippen MR) is 104 cm³/mol. The van der Waals surface area contributed by atoms with Crippen molar-refractivity contribution in [2.45, 2.75) is 25.8 Å². The molecular formula is C21H20N4O. The molecule has 0 radical (unpaired) electrons. The Morgan fingerprint density at radius 1 is 1.00 bits per heavy atom. The molecule has 130 valence electrons. The molecule has 3 aromatic rings. The van der Waals surface area contributed by atoms with Crippen molar-refractivity contribution in [1.82, 2.24) is 9.97 Å². The van der Waals surface area contributed by atoms with Crippen LogP contribution in [0.15, 0.2) is 60.7 Å². The molecule has 0 saturated heterocycles. The highest BCUT2D eigenvalue weighted by atomic mass is 16.1. The molecule has 0 spiro atoms. The largest absolute Gasteiger partial charge is 0.351 e. The third-order valence-corrected chi connectivity index (χ3v) is 4.25. The SMILES string of the molecule is CC(=O)c1cccc(Nc2cc(-c3ccccc3)nc(NC3CC3)n2)c1. The molecule has 1 heterocycles. The van der Waals surface area contributed by atoms with Gasteiger partial charge in [-0.25, -0.2) is 4.98 Å². The van der Waals surface area contributed by atoms with E-state index in [4.69, 9.17) is 0 Å². The van der Waals surface area contributed by atoms with Crippen molar-refractivity contribution < 1.29 is 4.79 Å². The van der Waals surface area contributed by atoms with E-state index in [1.165, 1.54) is 0 Å². The Kier molecular flexibility index (Phi) is 4.35. The maximum atomic E-state index is 11.6. The molecule has 5 heteroatoms. The van der Waals surface area contributed by atoms with Crippen LogP contribution in [0.4, 0.5) is 17.5 Å². The Labute approximate surface area is 152 Å². The minimum Gasteiger partial charge on any atom is -0.351 e. The average Bonchev–Trinajstić information content (AvgIpc) is 3.46. The first-order chi connectivity index (χ1) is 12.7. The number of anilines is 3. The van der Waals surface area contributed by atoms with Gasteiger partial charge in [0.1, 0.15) is 5.82 Å². The fraction of sp³-hybridized carbons (Fsp3) is 0.190. The van der Waals surface area contributed by atoms with Crippen LogP contribution in [0.3, 0.4) is 0 Å². The van der Waals surface area contributed by atoms with Crippen molar-refractivity contribution in [2.24, 2.45) is 0 Å². The lowest BCUT2D eigenvalue weighted by Gasteiger charge is -2.11. The summed E-state index contributed by atoms with van der Waals surface area (Å²) < 4.78 is 0. The summed E-state index contributed by atoms with van der Waals surface area (Å²) in [6, 6.07) is 19.9. The average molecular weight is 344 g/mol. The molecule has 4 rings (SSSR count). The van der Waals surface area contributed by atoms with Gasteiger partial charge >= 0.3 is 0 Å². The molecule has 2 aromatic carbocycles. The molecule has 0 amide bonds. The van der Waals surface area contributed by atoms with Gasteiger partial charge in [-0.3, -0.25) is 4.79 Å². The molecule has 1 aromatic heterocycles. The molecule has 1 aliphatic rings. The number of Topliss-reactive ketones (excluding diaryl/α,β-unsaturated/α-hetero) is 1. The minimum atomic E-state index is 0.0393. The van der Waals surface area contributed by atoms with Gasteiger partial charge in [0.25, 0.3) is 0 Å². The first kappa shape index (κ1) is 16.3. The summed E-state index contributed by atoms with van der Waals surface area (Å²) in [6.45, 7) is 1.56. The molecule has 0 bridgehead atoms. The molecule has 1 saturated carbocycles. The molecular weight excluding hydrogens is 324 g/mol. The number of carbonyl (C=O) groups is 1. The number of aromatic nitrogens is 2. The summed E-state index contributed by atoms with van der Waals surface area (Å²) >= 11 is 0. The number of carbonyl (C=O) groups excluding carboxylic acids is 1. The number of hydrogen-bond acceptors (Lipinski definition) is 5. The summed E-state index contributed by atoms with van der Waals surface area (Å²) in [5.74, 6) is 1.36. The van der Waals surface area contributed by atoms with Gasteiger partial charge in [-0.15, -0.1) is 0 Å². The van der Waals surface area contributed by atoms with Crippen LogP contribution in [0, 0.1) is 0 Å².